The lowest BCUT2D eigenvalue weighted by atomic mass is 9.93. The fourth-order valence-corrected chi connectivity index (χ4v) is 2.88. The molecule has 170 valence electrons. The summed E-state index contributed by atoms with van der Waals surface area (Å²) in [6.45, 7) is 7.45. The van der Waals surface area contributed by atoms with Crippen molar-refractivity contribution in [1.29, 1.82) is 0 Å². The molecule has 1 rings (SSSR count). The molecule has 0 radical (unpaired) electrons. The quantitative estimate of drug-likeness (QED) is 0.425. The number of aliphatic hydroxyl groups is 1. The zero-order valence-electron chi connectivity index (χ0n) is 19.0. The van der Waals surface area contributed by atoms with E-state index in [1.54, 1.807) is 19.9 Å². The Bertz CT molecular complexity index is 669. The maximum Gasteiger partial charge on any atom is 0.419 e. The molecular weight excluding hydrogens is 388 g/mol. The van der Waals surface area contributed by atoms with Crippen LogP contribution in [-0.4, -0.2) is 52.8 Å². The normalized spacial score (nSPS) is 14.0. The molecule has 0 fully saturated rings. The van der Waals surface area contributed by atoms with Gasteiger partial charge in [0.15, 0.2) is 5.78 Å². The first-order chi connectivity index (χ1) is 14.2. The minimum atomic E-state index is -0.531. The number of aliphatic hydroxyl groups excluding tert-OH is 1. The Kier molecular flexibility index (Phi) is 14.1. The highest BCUT2D eigenvalue weighted by Gasteiger charge is 2.15. The largest absolute Gasteiger partial charge is 0.469 e. The van der Waals surface area contributed by atoms with Crippen LogP contribution in [0.2, 0.25) is 0 Å². The number of methoxy groups -OCH3 is 1. The van der Waals surface area contributed by atoms with Crippen LogP contribution in [0, 0.1) is 11.8 Å². The molecule has 0 aliphatic rings. The molecule has 0 spiro atoms. The fraction of sp³-hybridized carbons (Fsp3) is 0.636. The third-order valence-corrected chi connectivity index (χ3v) is 4.73. The number of rotatable bonds is 11. The zero-order valence-corrected chi connectivity index (χ0v) is 19.0. The van der Waals surface area contributed by atoms with E-state index in [0.29, 0.717) is 17.9 Å². The molecule has 1 heterocycles. The summed E-state index contributed by atoms with van der Waals surface area (Å²) in [5.74, 6) is 0.195. The summed E-state index contributed by atoms with van der Waals surface area (Å²) in [6, 6.07) is 0. The summed E-state index contributed by atoms with van der Waals surface area (Å²) in [4.78, 5) is 39.4. The molecule has 0 aliphatic carbocycles. The van der Waals surface area contributed by atoms with Crippen LogP contribution in [0.4, 0.5) is 4.79 Å². The number of nitrogens with zero attached hydrogens (tertiary/aromatic N) is 2. The van der Waals surface area contributed by atoms with Gasteiger partial charge in [0, 0.05) is 25.9 Å². The van der Waals surface area contributed by atoms with Gasteiger partial charge in [0.25, 0.3) is 0 Å². The van der Waals surface area contributed by atoms with Crippen LogP contribution in [0.25, 0.3) is 0 Å². The van der Waals surface area contributed by atoms with Crippen LogP contribution < -0.4 is 0 Å². The van der Waals surface area contributed by atoms with Crippen molar-refractivity contribution in [2.45, 2.75) is 65.9 Å². The summed E-state index contributed by atoms with van der Waals surface area (Å²) < 4.78 is 11.2. The molecule has 3 atom stereocenters. The molecule has 8 heteroatoms. The molecule has 8 nitrogen and oxygen atoms in total. The summed E-state index contributed by atoms with van der Waals surface area (Å²) in [5.41, 5.74) is 0.595. The second-order valence-corrected chi connectivity index (χ2v) is 7.33. The Morgan fingerprint density at radius 1 is 1.13 bits per heavy atom. The molecule has 0 saturated carbocycles. The van der Waals surface area contributed by atoms with E-state index in [9.17, 15) is 14.4 Å². The molecule has 30 heavy (non-hydrogen) atoms. The van der Waals surface area contributed by atoms with Crippen LogP contribution >= 0.6 is 0 Å². The molecule has 1 aromatic rings. The number of esters is 1. The van der Waals surface area contributed by atoms with Crippen LogP contribution in [0.1, 0.15) is 59.8 Å². The summed E-state index contributed by atoms with van der Waals surface area (Å²) in [7, 11) is 2.41. The van der Waals surface area contributed by atoms with Crippen LogP contribution in [0.3, 0.4) is 0 Å². The van der Waals surface area contributed by atoms with Gasteiger partial charge in [0.2, 0.25) is 0 Å². The lowest BCUT2D eigenvalue weighted by Crippen LogP contribution is -2.18. The number of imidazole rings is 1. The van der Waals surface area contributed by atoms with Gasteiger partial charge < -0.3 is 14.6 Å². The van der Waals surface area contributed by atoms with E-state index in [1.165, 1.54) is 30.4 Å². The van der Waals surface area contributed by atoms with Crippen molar-refractivity contribution in [3.63, 3.8) is 0 Å². The van der Waals surface area contributed by atoms with Gasteiger partial charge >= 0.3 is 12.1 Å². The van der Waals surface area contributed by atoms with Gasteiger partial charge in [-0.1, -0.05) is 26.7 Å². The molecule has 0 aromatic carbocycles. The average Bonchev–Trinajstić information content (AvgIpc) is 3.27. The molecule has 0 amide bonds. The molecule has 3 unspecified atom stereocenters. The maximum absolute atomic E-state index is 12.3. The van der Waals surface area contributed by atoms with Gasteiger partial charge in [-0.05, 0) is 44.3 Å². The van der Waals surface area contributed by atoms with Crippen LogP contribution in [-0.2, 0) is 19.1 Å². The van der Waals surface area contributed by atoms with Crippen molar-refractivity contribution in [2.75, 3.05) is 14.2 Å². The predicted octanol–water partition coefficient (Wildman–Crippen LogP) is 3.78. The van der Waals surface area contributed by atoms with Gasteiger partial charge in [-0.2, -0.15) is 0 Å². The van der Waals surface area contributed by atoms with Crippen molar-refractivity contribution in [3.05, 3.63) is 30.4 Å². The highest BCUT2D eigenvalue weighted by atomic mass is 16.6. The first-order valence-electron chi connectivity index (χ1n) is 10.2. The number of hydrogen-bond donors (Lipinski definition) is 1. The van der Waals surface area contributed by atoms with E-state index in [4.69, 9.17) is 14.6 Å². The van der Waals surface area contributed by atoms with E-state index in [-0.39, 0.29) is 17.7 Å². The number of allylic oxidation sites excluding steroid dienone is 1. The highest BCUT2D eigenvalue weighted by molar-refractivity contribution is 5.94. The molecule has 0 bridgehead atoms. The molecule has 1 aromatic heterocycles. The Morgan fingerprint density at radius 2 is 1.80 bits per heavy atom. The number of carbonyl (C=O) groups is 3. The first-order valence-corrected chi connectivity index (χ1v) is 10.2. The Hall–Kier alpha value is -2.48. The van der Waals surface area contributed by atoms with E-state index in [0.717, 1.165) is 32.8 Å². The second-order valence-electron chi connectivity index (χ2n) is 7.33. The average molecular weight is 425 g/mol. The molecule has 1 N–H and O–H groups in total. The summed E-state index contributed by atoms with van der Waals surface area (Å²) in [5, 5.41) is 7.00. The standard InChI is InChI=1S/C21H32N2O5.CH4O/c1-15(7-6-8-16(2)20(25)27-5)9-10-19(24)17(3)13-18(4)28-21(26)23-12-11-22-14-23;1-2/h11-16,18H,6-10H2,1-5H3;2H,1H3/b17-13+;. The molecule has 0 aliphatic heterocycles. The summed E-state index contributed by atoms with van der Waals surface area (Å²) >= 11 is 0. The van der Waals surface area contributed by atoms with E-state index in [2.05, 4.69) is 11.9 Å². The number of carbonyl (C=O) groups excluding carboxylic acids is 3. The topological polar surface area (TPSA) is 108 Å². The predicted molar refractivity (Wildman–Crippen MR) is 114 cm³/mol. The number of ketones is 1. The van der Waals surface area contributed by atoms with E-state index in [1.807, 2.05) is 6.92 Å². The van der Waals surface area contributed by atoms with E-state index < -0.39 is 12.2 Å². The molecular formula is C22H36N2O6. The smallest absolute Gasteiger partial charge is 0.419 e. The lowest BCUT2D eigenvalue weighted by molar-refractivity contribution is -0.145. The van der Waals surface area contributed by atoms with Crippen LogP contribution in [0.5, 0.6) is 0 Å². The number of Topliss-reactive ketones (excluding diaryl/α,β-unsaturated/α-hetero) is 1. The second kappa shape index (κ2) is 15.4. The van der Waals surface area contributed by atoms with Crippen molar-refractivity contribution >= 4 is 17.8 Å². The van der Waals surface area contributed by atoms with Crippen molar-refractivity contribution in [3.8, 4) is 0 Å². The number of aromatic nitrogens is 2. The van der Waals surface area contributed by atoms with Gasteiger partial charge in [-0.15, -0.1) is 0 Å². The van der Waals surface area contributed by atoms with Crippen molar-refractivity contribution in [2.24, 2.45) is 11.8 Å². The zero-order chi connectivity index (χ0) is 23.1. The minimum Gasteiger partial charge on any atom is -0.469 e. The van der Waals surface area contributed by atoms with Crippen LogP contribution in [0.15, 0.2) is 30.4 Å². The van der Waals surface area contributed by atoms with Gasteiger partial charge in [-0.25, -0.2) is 14.3 Å². The number of ether oxygens (including phenoxy) is 2. The maximum atomic E-state index is 12.3. The monoisotopic (exact) mass is 424 g/mol. The minimum absolute atomic E-state index is 0.0558. The third kappa shape index (κ3) is 10.9. The lowest BCUT2D eigenvalue weighted by Gasteiger charge is -2.13. The first kappa shape index (κ1) is 27.5. The van der Waals surface area contributed by atoms with Crippen molar-refractivity contribution in [1.82, 2.24) is 9.55 Å². The Morgan fingerprint density at radius 3 is 2.37 bits per heavy atom. The highest BCUT2D eigenvalue weighted by Crippen LogP contribution is 2.19. The van der Waals surface area contributed by atoms with Gasteiger partial charge in [-0.3, -0.25) is 9.59 Å². The Balaban J connectivity index is 0.00000407. The van der Waals surface area contributed by atoms with Gasteiger partial charge in [0.05, 0.1) is 13.0 Å². The third-order valence-electron chi connectivity index (χ3n) is 4.73. The number of hydrogen-bond acceptors (Lipinski definition) is 7. The molecule has 0 saturated heterocycles. The fourth-order valence-electron chi connectivity index (χ4n) is 2.88. The van der Waals surface area contributed by atoms with Gasteiger partial charge in [0.1, 0.15) is 12.4 Å². The van der Waals surface area contributed by atoms with E-state index >= 15 is 0 Å². The van der Waals surface area contributed by atoms with Crippen molar-refractivity contribution < 1.29 is 29.0 Å². The SMILES string of the molecule is CO.COC(=O)C(C)CCCC(C)CCC(=O)/C(C)=C/C(C)OC(=O)n1ccnc1. The summed E-state index contributed by atoms with van der Waals surface area (Å²) in [6.07, 6.45) is 8.94. The Labute approximate surface area is 179 Å².